The molecule has 5 aromatic rings. The molecule has 1 aromatic carbocycles. The molecule has 170 valence electrons. The smallest absolute Gasteiger partial charge is 0.116 e. The Morgan fingerprint density at radius 3 is 2.71 bits per heavy atom. The van der Waals surface area contributed by atoms with E-state index < -0.39 is 0 Å². The minimum absolute atomic E-state index is 0.824. The summed E-state index contributed by atoms with van der Waals surface area (Å²) >= 11 is 1.77. The van der Waals surface area contributed by atoms with E-state index in [9.17, 15) is 0 Å². The van der Waals surface area contributed by atoms with Gasteiger partial charge in [-0.3, -0.25) is 5.10 Å². The second kappa shape index (κ2) is 8.47. The standard InChI is InChI=1S/C28H27N5S/c1-16(2)26-12-13-27(34-26)20-8-7-9-23-21(20)14-24(30-23)28-18(4)22(31-32-28)11-10-17(3)25-15-29-19(5)33(25)6/h7-15,30-31H,1,4H2,2-3,5-6H3/b17-10+,22-11+. The first kappa shape index (κ1) is 21.9. The second-order valence-electron chi connectivity index (χ2n) is 8.62. The Hall–Kier alpha value is -3.90. The van der Waals surface area contributed by atoms with Gasteiger partial charge in [0, 0.05) is 38.5 Å². The summed E-state index contributed by atoms with van der Waals surface area (Å²) in [5.74, 6) is 0.987. The minimum atomic E-state index is 0.824. The number of thiophene rings is 1. The van der Waals surface area contributed by atoms with Crippen molar-refractivity contribution in [3.8, 4) is 21.8 Å². The summed E-state index contributed by atoms with van der Waals surface area (Å²) in [7, 11) is 2.02. The van der Waals surface area contributed by atoms with Crippen molar-refractivity contribution >= 4 is 46.0 Å². The Labute approximate surface area is 202 Å². The molecular formula is C28H27N5S. The van der Waals surface area contributed by atoms with Gasteiger partial charge in [-0.1, -0.05) is 31.4 Å². The number of aromatic amines is 2. The lowest BCUT2D eigenvalue weighted by molar-refractivity contribution is 0.845. The van der Waals surface area contributed by atoms with Crippen LogP contribution in [-0.4, -0.2) is 24.7 Å². The lowest BCUT2D eigenvalue weighted by Crippen LogP contribution is -2.21. The van der Waals surface area contributed by atoms with Gasteiger partial charge >= 0.3 is 0 Å². The molecule has 0 radical (unpaired) electrons. The van der Waals surface area contributed by atoms with Gasteiger partial charge in [0.05, 0.1) is 22.9 Å². The van der Waals surface area contributed by atoms with Gasteiger partial charge < -0.3 is 9.55 Å². The van der Waals surface area contributed by atoms with Crippen molar-refractivity contribution in [2.45, 2.75) is 20.8 Å². The van der Waals surface area contributed by atoms with E-state index in [-0.39, 0.29) is 0 Å². The molecule has 0 saturated heterocycles. The van der Waals surface area contributed by atoms with Gasteiger partial charge in [0.1, 0.15) is 11.5 Å². The highest BCUT2D eigenvalue weighted by Gasteiger charge is 2.13. The van der Waals surface area contributed by atoms with Crippen LogP contribution in [0.2, 0.25) is 0 Å². The summed E-state index contributed by atoms with van der Waals surface area (Å²) in [5, 5.41) is 10.6. The first-order chi connectivity index (χ1) is 16.3. The highest BCUT2D eigenvalue weighted by molar-refractivity contribution is 7.16. The number of hydrogen-bond donors (Lipinski definition) is 2. The zero-order chi connectivity index (χ0) is 24.0. The topological polar surface area (TPSA) is 62.3 Å². The van der Waals surface area contributed by atoms with Crippen molar-refractivity contribution in [1.82, 2.24) is 24.7 Å². The van der Waals surface area contributed by atoms with Gasteiger partial charge in [0.25, 0.3) is 0 Å². The molecule has 6 heteroatoms. The Morgan fingerprint density at radius 1 is 1.18 bits per heavy atom. The maximum atomic E-state index is 4.58. The van der Waals surface area contributed by atoms with Crippen molar-refractivity contribution in [3.63, 3.8) is 0 Å². The second-order valence-corrected chi connectivity index (χ2v) is 9.71. The molecule has 0 fully saturated rings. The average Bonchev–Trinajstić information content (AvgIpc) is 3.59. The fraction of sp³-hybridized carbons (Fsp3) is 0.143. The van der Waals surface area contributed by atoms with E-state index in [0.717, 1.165) is 50.1 Å². The third kappa shape index (κ3) is 3.76. The first-order valence-corrected chi connectivity index (χ1v) is 11.9. The summed E-state index contributed by atoms with van der Waals surface area (Å²) in [4.78, 5) is 10.3. The molecule has 4 heterocycles. The molecule has 0 bridgehead atoms. The maximum Gasteiger partial charge on any atom is 0.116 e. The molecule has 4 aromatic heterocycles. The molecule has 34 heavy (non-hydrogen) atoms. The molecule has 0 aliphatic rings. The fourth-order valence-corrected chi connectivity index (χ4v) is 5.08. The number of aryl methyl sites for hydroxylation is 1. The number of H-pyrrole nitrogens is 2. The first-order valence-electron chi connectivity index (χ1n) is 11.1. The van der Waals surface area contributed by atoms with Gasteiger partial charge in [-0.2, -0.15) is 5.10 Å². The van der Waals surface area contributed by atoms with Crippen LogP contribution in [0.25, 0.3) is 56.5 Å². The molecule has 0 spiro atoms. The Morgan fingerprint density at radius 2 is 2.00 bits per heavy atom. The number of hydrogen-bond acceptors (Lipinski definition) is 3. The van der Waals surface area contributed by atoms with Crippen LogP contribution in [0.5, 0.6) is 0 Å². The zero-order valence-electron chi connectivity index (χ0n) is 19.9. The molecule has 5 nitrogen and oxygen atoms in total. The quantitative estimate of drug-likeness (QED) is 0.352. The number of benzene rings is 1. The fourth-order valence-electron chi connectivity index (χ4n) is 4.11. The van der Waals surface area contributed by atoms with Gasteiger partial charge in [0.15, 0.2) is 0 Å². The number of imidazole rings is 1. The Bertz CT molecular complexity index is 1690. The number of nitrogens with zero attached hydrogens (tertiary/aromatic N) is 3. The van der Waals surface area contributed by atoms with E-state index in [0.29, 0.717) is 0 Å². The molecule has 5 rings (SSSR count). The van der Waals surface area contributed by atoms with Crippen LogP contribution in [0.15, 0.2) is 55.3 Å². The maximum absolute atomic E-state index is 4.58. The lowest BCUT2D eigenvalue weighted by Gasteiger charge is -2.02. The van der Waals surface area contributed by atoms with Crippen molar-refractivity contribution in [2.75, 3.05) is 0 Å². The lowest BCUT2D eigenvalue weighted by atomic mass is 10.1. The van der Waals surface area contributed by atoms with E-state index in [1.807, 2.05) is 33.2 Å². The Balaban J connectivity index is 1.53. The Kier molecular flexibility index (Phi) is 5.46. The van der Waals surface area contributed by atoms with Crippen LogP contribution in [0.3, 0.4) is 0 Å². The van der Waals surface area contributed by atoms with Crippen molar-refractivity contribution in [3.05, 3.63) is 82.2 Å². The molecule has 0 amide bonds. The third-order valence-corrected chi connectivity index (χ3v) is 7.52. The number of aromatic nitrogens is 5. The minimum Gasteiger partial charge on any atom is -0.353 e. The van der Waals surface area contributed by atoms with Gasteiger partial charge in [-0.15, -0.1) is 11.3 Å². The van der Waals surface area contributed by atoms with Crippen LogP contribution in [0, 0.1) is 6.92 Å². The van der Waals surface area contributed by atoms with Crippen LogP contribution < -0.4 is 10.6 Å². The number of rotatable bonds is 5. The predicted molar refractivity (Wildman–Crippen MR) is 145 cm³/mol. The molecular weight excluding hydrogens is 438 g/mol. The normalized spacial score (nSPS) is 12.7. The van der Waals surface area contributed by atoms with Crippen molar-refractivity contribution < 1.29 is 0 Å². The number of allylic oxidation sites excluding steroid dienone is 3. The van der Waals surface area contributed by atoms with Gasteiger partial charge in [0.2, 0.25) is 0 Å². The van der Waals surface area contributed by atoms with E-state index in [2.05, 4.69) is 87.3 Å². The molecule has 2 N–H and O–H groups in total. The molecule has 0 unspecified atom stereocenters. The van der Waals surface area contributed by atoms with Crippen LogP contribution >= 0.6 is 11.3 Å². The van der Waals surface area contributed by atoms with Crippen LogP contribution in [0.4, 0.5) is 0 Å². The summed E-state index contributed by atoms with van der Waals surface area (Å²) in [6, 6.07) is 12.8. The average molecular weight is 466 g/mol. The van der Waals surface area contributed by atoms with Crippen LogP contribution in [-0.2, 0) is 7.05 Å². The van der Waals surface area contributed by atoms with Gasteiger partial charge in [-0.05, 0) is 62.3 Å². The van der Waals surface area contributed by atoms with Crippen LogP contribution in [0.1, 0.15) is 30.2 Å². The van der Waals surface area contributed by atoms with Crippen molar-refractivity contribution in [1.29, 1.82) is 0 Å². The highest BCUT2D eigenvalue weighted by Crippen LogP contribution is 2.36. The van der Waals surface area contributed by atoms with Gasteiger partial charge in [-0.25, -0.2) is 4.98 Å². The highest BCUT2D eigenvalue weighted by atomic mass is 32.1. The van der Waals surface area contributed by atoms with Crippen molar-refractivity contribution in [2.24, 2.45) is 7.05 Å². The molecule has 0 saturated carbocycles. The monoisotopic (exact) mass is 465 g/mol. The molecule has 0 aliphatic carbocycles. The van der Waals surface area contributed by atoms with E-state index >= 15 is 0 Å². The number of fused-ring (bicyclic) bond motifs is 1. The summed E-state index contributed by atoms with van der Waals surface area (Å²) in [6.07, 6.45) is 5.99. The third-order valence-electron chi connectivity index (χ3n) is 6.23. The number of nitrogens with one attached hydrogen (secondary N) is 2. The molecule has 0 atom stereocenters. The zero-order valence-corrected chi connectivity index (χ0v) is 20.7. The van der Waals surface area contributed by atoms with E-state index in [1.54, 1.807) is 11.3 Å². The summed E-state index contributed by atoms with van der Waals surface area (Å²) in [5.41, 5.74) is 7.35. The SMILES string of the molecule is C=C(C)c1ccc(-c2cccc3[nH]c(-c4n[nH]/c(=C/C=C(\C)c5cnc(C)n5C)c4=C)cc23)s1. The van der Waals surface area contributed by atoms with E-state index in [4.69, 9.17) is 0 Å². The molecule has 0 aliphatic heterocycles. The predicted octanol–water partition coefficient (Wildman–Crippen LogP) is 5.66. The summed E-state index contributed by atoms with van der Waals surface area (Å²) < 4.78 is 2.08. The van der Waals surface area contributed by atoms with E-state index in [1.165, 1.54) is 20.7 Å². The summed E-state index contributed by atoms with van der Waals surface area (Å²) in [6.45, 7) is 14.5. The largest absolute Gasteiger partial charge is 0.353 e.